The molecule has 12 aliphatic carbocycles. The molecule has 3 N–H and O–H groups in total. The smallest absolute Gasteiger partial charge is 0.458 e. The van der Waals surface area contributed by atoms with E-state index in [4.69, 9.17) is 23.7 Å². The minimum Gasteiger partial charge on any atom is -0.458 e. The number of carbonyl (C=O) groups is 4. The summed E-state index contributed by atoms with van der Waals surface area (Å²) >= 11 is 0. The lowest BCUT2D eigenvalue weighted by Gasteiger charge is -2.68. The molecule has 12 fully saturated rings. The monoisotopic (exact) mass is 1080 g/mol. The number of Topliss-reactive ketones (excluding diaryl/α,β-unsaturated/α-hetero) is 2. The third-order valence-electron chi connectivity index (χ3n) is 23.8. The molecule has 0 amide bonds. The van der Waals surface area contributed by atoms with Crippen LogP contribution in [0.1, 0.15) is 283 Å². The van der Waals surface area contributed by atoms with Gasteiger partial charge in [-0.2, -0.15) is 0 Å². The van der Waals surface area contributed by atoms with Crippen molar-refractivity contribution < 1.29 is 58.2 Å². The third-order valence-corrected chi connectivity index (χ3v) is 23.8. The van der Waals surface area contributed by atoms with Gasteiger partial charge in [-0.15, -0.1) is 0 Å². The predicted octanol–water partition coefficient (Wildman–Crippen LogP) is 13.7. The molecule has 12 bridgehead atoms. The molecule has 0 aromatic heterocycles. The van der Waals surface area contributed by atoms with E-state index in [0.29, 0.717) is 122 Å². The van der Waals surface area contributed by atoms with Crippen LogP contribution >= 0.6 is 0 Å². The molecule has 0 saturated heterocycles. The lowest BCUT2D eigenvalue weighted by atomic mass is 9.37. The van der Waals surface area contributed by atoms with Crippen LogP contribution in [0.5, 0.6) is 0 Å². The van der Waals surface area contributed by atoms with Crippen LogP contribution in [0, 0.1) is 44.8 Å². The van der Waals surface area contributed by atoms with Crippen LogP contribution in [0.4, 0.5) is 4.79 Å². The molecule has 16 unspecified atom stereocenters. The van der Waals surface area contributed by atoms with E-state index < -0.39 is 89.6 Å². The Labute approximate surface area is 464 Å². The molecule has 12 saturated carbocycles. The van der Waals surface area contributed by atoms with Crippen molar-refractivity contribution in [3.05, 3.63) is 0 Å². The Kier molecular flexibility index (Phi) is 14.9. The Hall–Kier alpha value is -2.12. The van der Waals surface area contributed by atoms with Crippen LogP contribution in [0.3, 0.4) is 0 Å². The Morgan fingerprint density at radius 2 is 0.935 bits per heavy atom. The first-order valence-corrected chi connectivity index (χ1v) is 31.5. The molecule has 0 heterocycles. The fourth-order valence-electron chi connectivity index (χ4n) is 22.0. The van der Waals surface area contributed by atoms with Gasteiger partial charge >= 0.3 is 12.1 Å². The maximum absolute atomic E-state index is 16.8. The first-order chi connectivity index (χ1) is 35.7. The minimum absolute atomic E-state index is 0.00859. The number of aliphatic hydroxyl groups is 3. The highest BCUT2D eigenvalue weighted by Gasteiger charge is 2.75. The summed E-state index contributed by atoms with van der Waals surface area (Å²) in [6.07, 6.45) is 15.3. The van der Waals surface area contributed by atoms with E-state index >= 15 is 14.4 Å². The lowest BCUT2D eigenvalue weighted by molar-refractivity contribution is -0.329. The summed E-state index contributed by atoms with van der Waals surface area (Å²) in [6, 6.07) is 0. The summed E-state index contributed by atoms with van der Waals surface area (Å²) in [4.78, 5) is 62.5. The zero-order chi connectivity index (χ0) is 56.6. The van der Waals surface area contributed by atoms with Crippen molar-refractivity contribution in [1.82, 2.24) is 0 Å². The summed E-state index contributed by atoms with van der Waals surface area (Å²) in [5, 5.41) is 37.8. The summed E-state index contributed by atoms with van der Waals surface area (Å²) in [7, 11) is 0. The number of hydrogen-bond acceptors (Lipinski definition) is 12. The molecule has 0 aromatic carbocycles. The van der Waals surface area contributed by atoms with Gasteiger partial charge in [0.2, 0.25) is 0 Å². The molecule has 0 aliphatic heterocycles. The van der Waals surface area contributed by atoms with Gasteiger partial charge in [-0.3, -0.25) is 14.4 Å². The Bertz CT molecular complexity index is 2310. The molecule has 0 radical (unpaired) electrons. The highest BCUT2D eigenvalue weighted by molar-refractivity contribution is 5.97. The van der Waals surface area contributed by atoms with E-state index in [0.717, 1.165) is 38.5 Å². The topological polar surface area (TPSA) is 175 Å². The zero-order valence-electron chi connectivity index (χ0n) is 50.8. The molecule has 12 aliphatic rings. The average molecular weight is 1080 g/mol. The second kappa shape index (κ2) is 19.2. The highest BCUT2D eigenvalue weighted by Crippen LogP contribution is 2.73. The summed E-state index contributed by atoms with van der Waals surface area (Å²) in [5.41, 5.74) is -14.2. The maximum atomic E-state index is 16.8. The van der Waals surface area contributed by atoms with Crippen LogP contribution in [-0.2, 0) is 38.1 Å². The van der Waals surface area contributed by atoms with E-state index in [2.05, 4.69) is 55.4 Å². The average Bonchev–Trinajstić information content (AvgIpc) is 3.49. The predicted molar refractivity (Wildman–Crippen MR) is 296 cm³/mol. The third kappa shape index (κ3) is 9.65. The normalized spacial score (nSPS) is 42.5. The molecule has 77 heavy (non-hydrogen) atoms. The number of hydrogen-bond donors (Lipinski definition) is 3. The van der Waals surface area contributed by atoms with Crippen molar-refractivity contribution in [2.24, 2.45) is 44.8 Å². The Balaban J connectivity index is 1.04. The molecular weight excluding hydrogens is 973 g/mol. The van der Waals surface area contributed by atoms with Crippen molar-refractivity contribution >= 4 is 23.7 Å². The maximum Gasteiger partial charge on any atom is 0.509 e. The van der Waals surface area contributed by atoms with Gasteiger partial charge in [-0.1, -0.05) is 74.7 Å². The van der Waals surface area contributed by atoms with Crippen molar-refractivity contribution in [3.63, 3.8) is 0 Å². The molecule has 12 nitrogen and oxygen atoms in total. The first kappa shape index (κ1) is 59.5. The number of ketones is 2. The highest BCUT2D eigenvalue weighted by atomic mass is 16.7. The quantitative estimate of drug-likeness (QED) is 0.0739. The van der Waals surface area contributed by atoms with E-state index in [-0.39, 0.29) is 60.6 Å². The zero-order valence-corrected chi connectivity index (χ0v) is 50.8. The fraction of sp³-hybridized carbons (Fsp3) is 0.938. The lowest BCUT2D eigenvalue weighted by Crippen LogP contribution is -2.72. The number of esters is 1. The van der Waals surface area contributed by atoms with Crippen LogP contribution in [0.2, 0.25) is 0 Å². The fourth-order valence-corrected chi connectivity index (χ4v) is 22.0. The van der Waals surface area contributed by atoms with Gasteiger partial charge in [0.25, 0.3) is 0 Å². The molecule has 438 valence electrons. The number of ether oxygens (including phenoxy) is 5. The molecule has 0 spiro atoms. The van der Waals surface area contributed by atoms with Gasteiger partial charge in [0.15, 0.2) is 0 Å². The number of carbonyl (C=O) groups excluding carboxylic acids is 4. The molecule has 12 rings (SSSR count). The van der Waals surface area contributed by atoms with Crippen LogP contribution in [-0.4, -0.2) is 95.0 Å². The van der Waals surface area contributed by atoms with Crippen molar-refractivity contribution in [2.75, 3.05) is 0 Å². The summed E-state index contributed by atoms with van der Waals surface area (Å²) in [5.74, 6) is -0.160. The van der Waals surface area contributed by atoms with Crippen molar-refractivity contribution in [1.29, 1.82) is 0 Å². The van der Waals surface area contributed by atoms with Crippen molar-refractivity contribution in [3.8, 4) is 0 Å². The van der Waals surface area contributed by atoms with Gasteiger partial charge in [0.05, 0.1) is 55.5 Å². The summed E-state index contributed by atoms with van der Waals surface area (Å²) in [6.45, 7) is 28.9. The van der Waals surface area contributed by atoms with E-state index in [1.165, 1.54) is 0 Å². The summed E-state index contributed by atoms with van der Waals surface area (Å²) < 4.78 is 34.3. The SMILES string of the molecule is CCCC(C)(C)OC12CC3CC(O)(C1)CC(OC(C)(CC)C(CC)(CCC)C(=O)C14CC5CC(O)(CC(C(=O)C(C)(CC)C(CC)(CCC)OC(=O)C67CC8CC(O)(CC(OC(=O)OC(C)(C)CC)(C8)C6)C7)(C5)C1)C4)(C3)C2. The van der Waals surface area contributed by atoms with Crippen LogP contribution < -0.4 is 0 Å². The first-order valence-electron chi connectivity index (χ1n) is 31.5. The van der Waals surface area contributed by atoms with Gasteiger partial charge in [0, 0.05) is 42.9 Å². The minimum atomic E-state index is -1.24. The standard InChI is InChI=1S/C65H106O12/c1-15-23-52(11,12)76-62-33-46-31-60(72,41-62)42-63(34-46,43-62)77-54(14,20-6)64(21-7,24-16-2)48(67)56-27-44-26-55(35-56,36-58(70,29-44)37-56)47(66)53(13,19-5)65(22-8,25-17-3)73-49(68)57-28-45-30-59(71,38-57)40-61(32-45,39-57)75-50(69)74-51(9,10)18-4/h44-46,70-72H,15-43H2,1-14H3. The van der Waals surface area contributed by atoms with Gasteiger partial charge in [0.1, 0.15) is 28.4 Å². The van der Waals surface area contributed by atoms with E-state index in [1.807, 2.05) is 41.5 Å². The molecule has 0 aromatic rings. The van der Waals surface area contributed by atoms with E-state index in [1.54, 1.807) is 0 Å². The number of rotatable bonds is 25. The van der Waals surface area contributed by atoms with Crippen LogP contribution in [0.15, 0.2) is 0 Å². The van der Waals surface area contributed by atoms with Gasteiger partial charge < -0.3 is 39.0 Å². The van der Waals surface area contributed by atoms with Crippen molar-refractivity contribution in [2.45, 2.75) is 339 Å². The van der Waals surface area contributed by atoms with Gasteiger partial charge in [-0.25, -0.2) is 4.79 Å². The second-order valence-electron chi connectivity index (χ2n) is 31.0. The molecule has 16 atom stereocenters. The molecule has 12 heteroatoms. The Morgan fingerprint density at radius 1 is 0.442 bits per heavy atom. The second-order valence-corrected chi connectivity index (χ2v) is 31.0. The van der Waals surface area contributed by atoms with Crippen LogP contribution in [0.25, 0.3) is 0 Å². The Morgan fingerprint density at radius 3 is 1.44 bits per heavy atom. The largest absolute Gasteiger partial charge is 0.509 e. The van der Waals surface area contributed by atoms with Gasteiger partial charge in [-0.05, 0) is 194 Å². The van der Waals surface area contributed by atoms with E-state index in [9.17, 15) is 20.1 Å². The molecular formula is C65H106O12.